The molecule has 0 radical (unpaired) electrons. The molecule has 0 amide bonds. The van der Waals surface area contributed by atoms with E-state index in [1.165, 1.54) is 25.7 Å². The highest BCUT2D eigenvalue weighted by molar-refractivity contribution is 6.16. The molecule has 20 heavy (non-hydrogen) atoms. The van der Waals surface area contributed by atoms with Gasteiger partial charge in [0.2, 0.25) is 5.88 Å². The van der Waals surface area contributed by atoms with E-state index in [0.717, 1.165) is 22.9 Å². The first kappa shape index (κ1) is 13.7. The molecule has 1 saturated carbocycles. The number of rotatable bonds is 3. The highest BCUT2D eigenvalue weighted by Crippen LogP contribution is 2.35. The Balaban J connectivity index is 2.06. The number of hydrogen-bond acceptors (Lipinski definition) is 3. The van der Waals surface area contributed by atoms with Gasteiger partial charge in [0.05, 0.1) is 13.0 Å². The van der Waals surface area contributed by atoms with Gasteiger partial charge in [-0.25, -0.2) is 4.98 Å². The topological polar surface area (TPSA) is 39.9 Å². The third-order valence-corrected chi connectivity index (χ3v) is 4.50. The minimum atomic E-state index is 0.421. The molecule has 0 unspecified atom stereocenters. The number of pyridine rings is 1. The smallest absolute Gasteiger partial charge is 0.215 e. The van der Waals surface area contributed by atoms with Gasteiger partial charge in [-0.3, -0.25) is 0 Å². The van der Waals surface area contributed by atoms with E-state index in [0.29, 0.717) is 17.8 Å². The summed E-state index contributed by atoms with van der Waals surface area (Å²) < 4.78 is 7.47. The number of aromatic nitrogens is 3. The van der Waals surface area contributed by atoms with Crippen LogP contribution >= 0.6 is 11.6 Å². The van der Waals surface area contributed by atoms with Crippen LogP contribution in [0.1, 0.15) is 44.5 Å². The predicted molar refractivity (Wildman–Crippen MR) is 80.3 cm³/mol. The molecule has 2 aromatic rings. The van der Waals surface area contributed by atoms with Crippen LogP contribution in [0.4, 0.5) is 0 Å². The van der Waals surface area contributed by atoms with Crippen molar-refractivity contribution in [3.63, 3.8) is 0 Å². The van der Waals surface area contributed by atoms with E-state index >= 15 is 0 Å². The van der Waals surface area contributed by atoms with Crippen molar-refractivity contribution in [3.05, 3.63) is 18.0 Å². The standard InChI is InChI=1S/C15H20ClN3O/c1-10-3-5-11(6-4-10)19-13(9-16)17-12-7-8-14(20-2)18-15(12)19/h7-8,10-11H,3-6,9H2,1-2H3. The van der Waals surface area contributed by atoms with Crippen molar-refractivity contribution in [1.29, 1.82) is 0 Å². The second-order valence-electron chi connectivity index (χ2n) is 5.64. The molecule has 0 spiro atoms. The summed E-state index contributed by atoms with van der Waals surface area (Å²) in [7, 11) is 1.64. The van der Waals surface area contributed by atoms with Crippen LogP contribution < -0.4 is 4.74 Å². The molecule has 0 saturated heterocycles. The molecule has 1 aliphatic carbocycles. The van der Waals surface area contributed by atoms with Crippen molar-refractivity contribution in [1.82, 2.24) is 14.5 Å². The van der Waals surface area contributed by atoms with Gasteiger partial charge in [0.1, 0.15) is 11.3 Å². The predicted octanol–water partition coefficient (Wildman–Crippen LogP) is 3.93. The van der Waals surface area contributed by atoms with Crippen LogP contribution in [0, 0.1) is 5.92 Å². The zero-order valence-corrected chi connectivity index (χ0v) is 12.7. The number of hydrogen-bond donors (Lipinski definition) is 0. The first-order valence-corrected chi connectivity index (χ1v) is 7.74. The summed E-state index contributed by atoms with van der Waals surface area (Å²) in [6, 6.07) is 4.27. The summed E-state index contributed by atoms with van der Waals surface area (Å²) in [5, 5.41) is 0. The van der Waals surface area contributed by atoms with Gasteiger partial charge in [-0.2, -0.15) is 4.98 Å². The van der Waals surface area contributed by atoms with Crippen LogP contribution in [0.2, 0.25) is 0 Å². The molecule has 3 rings (SSSR count). The summed E-state index contributed by atoms with van der Waals surface area (Å²) in [5.41, 5.74) is 1.81. The minimum Gasteiger partial charge on any atom is -0.481 e. The van der Waals surface area contributed by atoms with Crippen molar-refractivity contribution in [3.8, 4) is 5.88 Å². The highest BCUT2D eigenvalue weighted by Gasteiger charge is 2.24. The molecule has 0 aliphatic heterocycles. The van der Waals surface area contributed by atoms with E-state index in [9.17, 15) is 0 Å². The molecule has 1 fully saturated rings. The number of ether oxygens (including phenoxy) is 1. The fourth-order valence-electron chi connectivity index (χ4n) is 3.10. The maximum Gasteiger partial charge on any atom is 0.215 e. The Morgan fingerprint density at radius 1 is 1.25 bits per heavy atom. The number of fused-ring (bicyclic) bond motifs is 1. The Kier molecular flexibility index (Phi) is 3.83. The van der Waals surface area contributed by atoms with Crippen LogP contribution in [0.25, 0.3) is 11.2 Å². The van der Waals surface area contributed by atoms with Crippen LogP contribution in [0.5, 0.6) is 5.88 Å². The second kappa shape index (κ2) is 5.60. The number of halogens is 1. The lowest BCUT2D eigenvalue weighted by Crippen LogP contribution is -2.18. The van der Waals surface area contributed by atoms with Crippen molar-refractivity contribution in [2.75, 3.05) is 7.11 Å². The van der Waals surface area contributed by atoms with Gasteiger partial charge in [-0.05, 0) is 37.7 Å². The van der Waals surface area contributed by atoms with Crippen LogP contribution in [0.3, 0.4) is 0 Å². The van der Waals surface area contributed by atoms with Gasteiger partial charge in [-0.1, -0.05) is 6.92 Å². The normalized spacial score (nSPS) is 23.1. The summed E-state index contributed by atoms with van der Waals surface area (Å²) in [6.07, 6.45) is 4.87. The zero-order chi connectivity index (χ0) is 14.1. The van der Waals surface area contributed by atoms with Crippen molar-refractivity contribution in [2.45, 2.75) is 44.5 Å². The second-order valence-corrected chi connectivity index (χ2v) is 5.91. The Morgan fingerprint density at radius 2 is 2.00 bits per heavy atom. The third kappa shape index (κ3) is 2.37. The Bertz CT molecular complexity index is 602. The molecule has 4 nitrogen and oxygen atoms in total. The van der Waals surface area contributed by atoms with E-state index in [-0.39, 0.29) is 0 Å². The summed E-state index contributed by atoms with van der Waals surface area (Å²) in [5.74, 6) is 2.79. The van der Waals surface area contributed by atoms with E-state index in [1.54, 1.807) is 7.11 Å². The fraction of sp³-hybridized carbons (Fsp3) is 0.600. The summed E-state index contributed by atoms with van der Waals surface area (Å²) in [6.45, 7) is 2.33. The lowest BCUT2D eigenvalue weighted by Gasteiger charge is -2.28. The quantitative estimate of drug-likeness (QED) is 0.805. The van der Waals surface area contributed by atoms with Gasteiger partial charge in [0.25, 0.3) is 0 Å². The van der Waals surface area contributed by atoms with E-state index in [1.807, 2.05) is 12.1 Å². The summed E-state index contributed by atoms with van der Waals surface area (Å²) in [4.78, 5) is 9.19. The fourth-order valence-corrected chi connectivity index (χ4v) is 3.28. The molecule has 1 aliphatic rings. The molecule has 0 bridgehead atoms. The van der Waals surface area contributed by atoms with Gasteiger partial charge in [0.15, 0.2) is 5.65 Å². The Hall–Kier alpha value is -1.29. The van der Waals surface area contributed by atoms with E-state index in [2.05, 4.69) is 21.5 Å². The third-order valence-electron chi connectivity index (χ3n) is 4.26. The average Bonchev–Trinajstić information content (AvgIpc) is 2.85. The molecule has 2 heterocycles. The highest BCUT2D eigenvalue weighted by atomic mass is 35.5. The van der Waals surface area contributed by atoms with Crippen LogP contribution in [-0.2, 0) is 5.88 Å². The molecule has 2 aromatic heterocycles. The maximum absolute atomic E-state index is 6.08. The van der Waals surface area contributed by atoms with Gasteiger partial charge in [-0.15, -0.1) is 11.6 Å². The molecular weight excluding hydrogens is 274 g/mol. The van der Waals surface area contributed by atoms with Crippen molar-refractivity contribution >= 4 is 22.8 Å². The van der Waals surface area contributed by atoms with Gasteiger partial charge >= 0.3 is 0 Å². The first-order chi connectivity index (χ1) is 9.72. The average molecular weight is 294 g/mol. The largest absolute Gasteiger partial charge is 0.481 e. The molecular formula is C15H20ClN3O. The first-order valence-electron chi connectivity index (χ1n) is 7.20. The lowest BCUT2D eigenvalue weighted by molar-refractivity contribution is 0.289. The van der Waals surface area contributed by atoms with E-state index < -0.39 is 0 Å². The number of imidazole rings is 1. The van der Waals surface area contributed by atoms with E-state index in [4.69, 9.17) is 16.3 Å². The minimum absolute atomic E-state index is 0.421. The van der Waals surface area contributed by atoms with Gasteiger partial charge < -0.3 is 9.30 Å². The Labute approximate surface area is 124 Å². The number of alkyl halides is 1. The Morgan fingerprint density at radius 3 is 2.65 bits per heavy atom. The van der Waals surface area contributed by atoms with Crippen molar-refractivity contribution < 1.29 is 4.74 Å². The SMILES string of the molecule is COc1ccc2nc(CCl)n(C3CCC(C)CC3)c2n1. The summed E-state index contributed by atoms with van der Waals surface area (Å²) >= 11 is 6.08. The monoisotopic (exact) mass is 293 g/mol. The molecule has 0 aromatic carbocycles. The van der Waals surface area contributed by atoms with Gasteiger partial charge in [0, 0.05) is 12.1 Å². The molecule has 5 heteroatoms. The number of nitrogens with zero attached hydrogens (tertiary/aromatic N) is 3. The molecule has 0 atom stereocenters. The lowest BCUT2D eigenvalue weighted by atomic mass is 9.87. The number of methoxy groups -OCH3 is 1. The maximum atomic E-state index is 6.08. The zero-order valence-electron chi connectivity index (χ0n) is 12.0. The van der Waals surface area contributed by atoms with Crippen LogP contribution in [-0.4, -0.2) is 21.6 Å². The molecule has 108 valence electrons. The molecule has 0 N–H and O–H groups in total. The van der Waals surface area contributed by atoms with Crippen molar-refractivity contribution in [2.24, 2.45) is 5.92 Å². The van der Waals surface area contributed by atoms with Crippen LogP contribution in [0.15, 0.2) is 12.1 Å².